The monoisotopic (exact) mass is 451 g/mol. The first kappa shape index (κ1) is 21.8. The molecule has 4 rings (SSSR count). The number of unbranched alkanes of at least 4 members (excludes halogenated alkanes) is 1. The van der Waals surface area contributed by atoms with Gasteiger partial charge in [-0.1, -0.05) is 35.0 Å². The molecule has 1 N–H and O–H groups in total. The smallest absolute Gasteiger partial charge is 0.218 e. The molecule has 8 heteroatoms. The third kappa shape index (κ3) is 6.28. The molecule has 0 saturated carbocycles. The van der Waals surface area contributed by atoms with E-state index in [2.05, 4.69) is 44.9 Å². The van der Waals surface area contributed by atoms with Crippen LogP contribution in [0.25, 0.3) is 12.2 Å². The molecule has 164 valence electrons. The Kier molecular flexibility index (Phi) is 7.30. The zero-order valence-corrected chi connectivity index (χ0v) is 18.2. The van der Waals surface area contributed by atoms with Crippen molar-refractivity contribution in [2.45, 2.75) is 32.4 Å². The van der Waals surface area contributed by atoms with E-state index in [-0.39, 0.29) is 5.82 Å². The molecule has 0 radical (unpaired) electrons. The number of hydrogen-bond acceptors (Lipinski definition) is 5. The molecular formula is C24H23ClFN5O. The van der Waals surface area contributed by atoms with Crippen molar-refractivity contribution in [3.8, 4) is 0 Å². The zero-order valence-electron chi connectivity index (χ0n) is 17.4. The molecule has 6 nitrogen and oxygen atoms in total. The lowest BCUT2D eigenvalue weighted by atomic mass is 10.1. The summed E-state index contributed by atoms with van der Waals surface area (Å²) < 4.78 is 21.1. The van der Waals surface area contributed by atoms with Crippen molar-refractivity contribution in [1.82, 2.24) is 20.0 Å². The Bertz CT molecular complexity index is 1160. The van der Waals surface area contributed by atoms with Crippen molar-refractivity contribution in [2.24, 2.45) is 0 Å². The number of halogens is 2. The molecule has 0 saturated heterocycles. The van der Waals surface area contributed by atoms with Gasteiger partial charge in [0.2, 0.25) is 5.89 Å². The van der Waals surface area contributed by atoms with Crippen LogP contribution in [0.4, 0.5) is 10.1 Å². The van der Waals surface area contributed by atoms with Crippen molar-refractivity contribution >= 4 is 29.4 Å². The summed E-state index contributed by atoms with van der Waals surface area (Å²) in [5, 5.41) is 11.5. The van der Waals surface area contributed by atoms with Crippen molar-refractivity contribution in [2.75, 3.05) is 5.32 Å². The van der Waals surface area contributed by atoms with E-state index in [0.717, 1.165) is 37.2 Å². The maximum atomic E-state index is 13.8. The molecule has 0 unspecified atom stereocenters. The number of nitrogens with one attached hydrogen (secondary N) is 1. The number of hydrogen-bond donors (Lipinski definition) is 1. The number of anilines is 1. The topological polar surface area (TPSA) is 68.8 Å². The maximum Gasteiger partial charge on any atom is 0.218 e. The fourth-order valence-electron chi connectivity index (χ4n) is 3.21. The fraction of sp³-hybridized carbons (Fsp3) is 0.208. The third-order valence-electron chi connectivity index (χ3n) is 4.94. The van der Waals surface area contributed by atoms with Gasteiger partial charge >= 0.3 is 0 Å². The van der Waals surface area contributed by atoms with Crippen LogP contribution in [0.5, 0.6) is 0 Å². The highest BCUT2D eigenvalue weighted by molar-refractivity contribution is 6.30. The van der Waals surface area contributed by atoms with Crippen LogP contribution in [-0.2, 0) is 19.5 Å². The molecular weight excluding hydrogens is 429 g/mol. The number of oxazole rings is 1. The fourth-order valence-corrected chi connectivity index (χ4v) is 3.37. The van der Waals surface area contributed by atoms with Crippen molar-refractivity contribution in [3.63, 3.8) is 0 Å². The molecule has 4 aromatic rings. The number of aryl methyl sites for hydroxylation is 2. The highest BCUT2D eigenvalue weighted by Crippen LogP contribution is 2.18. The summed E-state index contributed by atoms with van der Waals surface area (Å²) in [6.07, 6.45) is 11.6. The summed E-state index contributed by atoms with van der Waals surface area (Å²) >= 11 is 5.77. The molecule has 0 aliphatic rings. The van der Waals surface area contributed by atoms with Crippen LogP contribution in [0, 0.1) is 5.82 Å². The van der Waals surface area contributed by atoms with Crippen LogP contribution < -0.4 is 5.32 Å². The molecule has 2 aromatic carbocycles. The summed E-state index contributed by atoms with van der Waals surface area (Å²) in [5.74, 6) is 0.0261. The predicted molar refractivity (Wildman–Crippen MR) is 124 cm³/mol. The van der Waals surface area contributed by atoms with Crippen molar-refractivity contribution in [3.05, 3.63) is 94.7 Å². The average molecular weight is 452 g/mol. The maximum absolute atomic E-state index is 13.8. The number of aromatic nitrogens is 4. The summed E-state index contributed by atoms with van der Waals surface area (Å²) in [7, 11) is 0. The molecule has 0 amide bonds. The molecule has 0 aliphatic carbocycles. The van der Waals surface area contributed by atoms with Gasteiger partial charge in [0.25, 0.3) is 0 Å². The van der Waals surface area contributed by atoms with Crippen molar-refractivity contribution < 1.29 is 8.81 Å². The van der Waals surface area contributed by atoms with Gasteiger partial charge in [-0.15, -0.1) is 5.10 Å². The van der Waals surface area contributed by atoms with Gasteiger partial charge in [0.1, 0.15) is 12.1 Å². The van der Waals surface area contributed by atoms with E-state index in [9.17, 15) is 4.39 Å². The minimum Gasteiger partial charge on any atom is -0.445 e. The molecule has 0 spiro atoms. The summed E-state index contributed by atoms with van der Waals surface area (Å²) in [4.78, 5) is 4.40. The highest BCUT2D eigenvalue weighted by Gasteiger charge is 2.04. The van der Waals surface area contributed by atoms with Crippen LogP contribution in [0.2, 0.25) is 5.02 Å². The van der Waals surface area contributed by atoms with Gasteiger partial charge in [0, 0.05) is 35.1 Å². The van der Waals surface area contributed by atoms with Gasteiger partial charge in [-0.3, -0.25) is 4.68 Å². The lowest BCUT2D eigenvalue weighted by molar-refractivity contribution is 0.541. The van der Waals surface area contributed by atoms with E-state index in [4.69, 9.17) is 16.0 Å². The van der Waals surface area contributed by atoms with Gasteiger partial charge < -0.3 is 9.73 Å². The third-order valence-corrected chi connectivity index (χ3v) is 5.17. The summed E-state index contributed by atoms with van der Waals surface area (Å²) in [5.41, 5.74) is 3.50. The second-order valence-electron chi connectivity index (χ2n) is 7.35. The lowest BCUT2D eigenvalue weighted by Crippen LogP contribution is -2.00. The second-order valence-corrected chi connectivity index (χ2v) is 7.79. The van der Waals surface area contributed by atoms with Gasteiger partial charge in [-0.05, 0) is 55.2 Å². The Labute approximate surface area is 190 Å². The Morgan fingerprint density at radius 3 is 2.75 bits per heavy atom. The molecule has 0 fully saturated rings. The number of benzene rings is 2. The van der Waals surface area contributed by atoms with Gasteiger partial charge in [0.15, 0.2) is 0 Å². The molecule has 2 heterocycles. The second kappa shape index (κ2) is 10.7. The van der Waals surface area contributed by atoms with Gasteiger partial charge in [-0.2, -0.15) is 0 Å². The first-order chi connectivity index (χ1) is 15.7. The standard InChI is InChI=1S/C24H23ClFN5O/c25-20-8-6-19(23(26)15-20)7-11-24-29-22(17-32-24)16-27-21-9-4-18(5-10-21)3-1-2-13-31-14-12-28-30-31/h4-12,14-15,17,27H,1-3,13,16H2/b11-7+. The minimum absolute atomic E-state index is 0.361. The van der Waals surface area contributed by atoms with Crippen LogP contribution >= 0.6 is 11.6 Å². The van der Waals surface area contributed by atoms with Crippen LogP contribution in [0.1, 0.15) is 35.6 Å². The van der Waals surface area contributed by atoms with Crippen LogP contribution in [0.15, 0.2) is 65.5 Å². The van der Waals surface area contributed by atoms with Crippen LogP contribution in [-0.4, -0.2) is 20.0 Å². The van der Waals surface area contributed by atoms with E-state index in [1.165, 1.54) is 11.6 Å². The normalized spacial score (nSPS) is 11.3. The summed E-state index contributed by atoms with van der Waals surface area (Å²) in [6.45, 7) is 1.42. The van der Waals surface area contributed by atoms with E-state index >= 15 is 0 Å². The number of nitrogens with zero attached hydrogens (tertiary/aromatic N) is 4. The number of rotatable bonds is 10. The Morgan fingerprint density at radius 2 is 1.97 bits per heavy atom. The predicted octanol–water partition coefficient (Wildman–Crippen LogP) is 5.86. The molecule has 0 aliphatic heterocycles. The van der Waals surface area contributed by atoms with Crippen LogP contribution in [0.3, 0.4) is 0 Å². The quantitative estimate of drug-likeness (QED) is 0.306. The van der Waals surface area contributed by atoms with Gasteiger partial charge in [0.05, 0.1) is 18.4 Å². The molecule has 2 aromatic heterocycles. The Morgan fingerprint density at radius 1 is 1.09 bits per heavy atom. The average Bonchev–Trinajstić information content (AvgIpc) is 3.48. The first-order valence-corrected chi connectivity index (χ1v) is 10.8. The Balaban J connectivity index is 1.22. The zero-order chi connectivity index (χ0) is 22.2. The molecule has 32 heavy (non-hydrogen) atoms. The summed E-state index contributed by atoms with van der Waals surface area (Å²) in [6, 6.07) is 12.9. The van der Waals surface area contributed by atoms with Gasteiger partial charge in [-0.25, -0.2) is 9.37 Å². The Hall–Kier alpha value is -3.45. The van der Waals surface area contributed by atoms with E-state index in [0.29, 0.717) is 23.0 Å². The molecule has 0 bridgehead atoms. The first-order valence-electron chi connectivity index (χ1n) is 10.4. The minimum atomic E-state index is -0.388. The van der Waals surface area contributed by atoms with Crippen molar-refractivity contribution in [1.29, 1.82) is 0 Å². The molecule has 0 atom stereocenters. The van der Waals surface area contributed by atoms with E-state index < -0.39 is 0 Å². The highest BCUT2D eigenvalue weighted by atomic mass is 35.5. The lowest BCUT2D eigenvalue weighted by Gasteiger charge is -2.06. The van der Waals surface area contributed by atoms with E-state index in [1.54, 1.807) is 36.7 Å². The van der Waals surface area contributed by atoms with E-state index in [1.807, 2.05) is 10.9 Å². The SMILES string of the molecule is Fc1cc(Cl)ccc1/C=C/c1nc(CNc2ccc(CCCCn3ccnn3)cc2)co1. The largest absolute Gasteiger partial charge is 0.445 e.